The van der Waals surface area contributed by atoms with Gasteiger partial charge in [0.2, 0.25) is 0 Å². The van der Waals surface area contributed by atoms with Crippen molar-refractivity contribution in [2.24, 2.45) is 4.99 Å². The highest BCUT2D eigenvalue weighted by Crippen LogP contribution is 2.18. The van der Waals surface area contributed by atoms with Gasteiger partial charge in [-0.25, -0.2) is 0 Å². The molecule has 1 rings (SSSR count). The smallest absolute Gasteiger partial charge is 0.168 e. The lowest BCUT2D eigenvalue weighted by atomic mass is 10.1. The largest absolute Gasteiger partial charge is 0.369 e. The predicted molar refractivity (Wildman–Crippen MR) is 85.0 cm³/mol. The molecule has 1 aliphatic rings. The monoisotopic (exact) mass is 277 g/mol. The fraction of sp³-hybridized carbons (Fsp3) is 0.625. The van der Waals surface area contributed by atoms with Gasteiger partial charge in [0.25, 0.3) is 0 Å². The summed E-state index contributed by atoms with van der Waals surface area (Å²) in [6.07, 6.45) is 3.76. The van der Waals surface area contributed by atoms with Crippen LogP contribution in [0, 0.1) is 0 Å². The first-order chi connectivity index (χ1) is 9.47. The molecule has 20 heavy (non-hydrogen) atoms. The highest BCUT2D eigenvalue weighted by Gasteiger charge is 2.17. The molecule has 0 N–H and O–H groups in total. The zero-order valence-electron chi connectivity index (χ0n) is 13.4. The Balaban J connectivity index is 3.05. The van der Waals surface area contributed by atoms with Crippen molar-refractivity contribution >= 4 is 12.0 Å². The number of carbonyl (C=O) groups excluding carboxylic acids is 1. The molecule has 0 aromatic heterocycles. The van der Waals surface area contributed by atoms with Crippen LogP contribution in [0.3, 0.4) is 0 Å². The summed E-state index contributed by atoms with van der Waals surface area (Å²) in [5.74, 6) is 0. The van der Waals surface area contributed by atoms with Crippen LogP contribution in [0.2, 0.25) is 0 Å². The first-order valence-electron chi connectivity index (χ1n) is 7.30. The molecule has 0 atom stereocenters. The van der Waals surface area contributed by atoms with Gasteiger partial charge >= 0.3 is 0 Å². The van der Waals surface area contributed by atoms with Crippen LogP contribution in [0.25, 0.3) is 0 Å². The van der Waals surface area contributed by atoms with Crippen molar-refractivity contribution in [1.29, 1.82) is 0 Å². The Morgan fingerprint density at radius 1 is 1.15 bits per heavy atom. The molecule has 0 amide bonds. The molecular weight excluding hydrogens is 250 g/mol. The molecule has 1 saturated heterocycles. The quantitative estimate of drug-likeness (QED) is 0.335. The van der Waals surface area contributed by atoms with Crippen molar-refractivity contribution in [2.45, 2.75) is 34.1 Å². The van der Waals surface area contributed by atoms with Crippen molar-refractivity contribution in [3.05, 3.63) is 23.0 Å². The summed E-state index contributed by atoms with van der Waals surface area (Å²) in [6.45, 7) is 12.2. The minimum absolute atomic E-state index is 0.506. The van der Waals surface area contributed by atoms with Crippen LogP contribution in [-0.2, 0) is 4.79 Å². The highest BCUT2D eigenvalue weighted by molar-refractivity contribution is 5.85. The molecule has 112 valence electrons. The van der Waals surface area contributed by atoms with Crippen LogP contribution in [0.15, 0.2) is 28.0 Å². The van der Waals surface area contributed by atoms with Crippen molar-refractivity contribution < 1.29 is 4.79 Å². The lowest BCUT2D eigenvalue weighted by Crippen LogP contribution is -2.43. The molecule has 0 aliphatic carbocycles. The lowest BCUT2D eigenvalue weighted by Gasteiger charge is -2.35. The summed E-state index contributed by atoms with van der Waals surface area (Å²) in [5.41, 5.74) is 3.87. The molecule has 0 aromatic rings. The minimum Gasteiger partial charge on any atom is -0.369 e. The van der Waals surface area contributed by atoms with Crippen molar-refractivity contribution in [3.8, 4) is 0 Å². The van der Waals surface area contributed by atoms with E-state index in [1.807, 2.05) is 19.9 Å². The normalized spacial score (nSPS) is 18.6. The molecule has 0 aromatic carbocycles. The maximum Gasteiger partial charge on any atom is 0.168 e. The van der Waals surface area contributed by atoms with E-state index in [0.717, 1.165) is 50.3 Å². The van der Waals surface area contributed by atoms with E-state index in [1.165, 1.54) is 5.57 Å². The highest BCUT2D eigenvalue weighted by atomic mass is 16.1. The van der Waals surface area contributed by atoms with Gasteiger partial charge in [0.1, 0.15) is 5.70 Å². The standard InChI is InChI=1S/C16H27N3O/c1-6-14(4)16(11-15(12-20)17-13(2)3)19-9-7-18(5)8-10-19/h11-12H,6-10H2,1-5H3/b15-11-,16-14-. The third-order valence-electron chi connectivity index (χ3n) is 3.57. The molecule has 0 spiro atoms. The molecule has 0 saturated carbocycles. The number of aliphatic imine (C=N–C) groups is 1. The summed E-state index contributed by atoms with van der Waals surface area (Å²) in [7, 11) is 2.14. The average Bonchev–Trinajstić information content (AvgIpc) is 2.43. The van der Waals surface area contributed by atoms with Crippen LogP contribution in [0.5, 0.6) is 0 Å². The number of likely N-dealkylation sites (N-methyl/N-ethyl adjacent to an activating group) is 1. The van der Waals surface area contributed by atoms with E-state index in [1.54, 1.807) is 0 Å². The molecule has 4 nitrogen and oxygen atoms in total. The molecule has 0 unspecified atom stereocenters. The lowest BCUT2D eigenvalue weighted by molar-refractivity contribution is -0.104. The summed E-state index contributed by atoms with van der Waals surface area (Å²) in [4.78, 5) is 20.2. The summed E-state index contributed by atoms with van der Waals surface area (Å²) in [6, 6.07) is 0. The first kappa shape index (κ1) is 16.6. The molecule has 0 radical (unpaired) electrons. The van der Waals surface area contributed by atoms with E-state index in [2.05, 4.69) is 35.7 Å². The van der Waals surface area contributed by atoms with Crippen molar-refractivity contribution in [1.82, 2.24) is 9.80 Å². The number of nitrogens with zero attached hydrogens (tertiary/aromatic N) is 3. The Hall–Kier alpha value is -1.42. The van der Waals surface area contributed by atoms with Gasteiger partial charge in [0, 0.05) is 37.6 Å². The predicted octanol–water partition coefficient (Wildman–Crippen LogP) is 2.48. The molecular formula is C16H27N3O. The van der Waals surface area contributed by atoms with Crippen LogP contribution < -0.4 is 0 Å². The maximum atomic E-state index is 11.2. The number of hydrogen-bond donors (Lipinski definition) is 0. The molecule has 0 bridgehead atoms. The molecule has 1 aliphatic heterocycles. The van der Waals surface area contributed by atoms with E-state index in [-0.39, 0.29) is 0 Å². The topological polar surface area (TPSA) is 35.9 Å². The Kier molecular flexibility index (Phi) is 6.65. The fourth-order valence-electron chi connectivity index (χ4n) is 2.20. The second kappa shape index (κ2) is 8.00. The fourth-order valence-corrected chi connectivity index (χ4v) is 2.20. The SMILES string of the molecule is CC/C(C)=C(/C=C(/C=O)N=C(C)C)N1CCN(C)CC1. The summed E-state index contributed by atoms with van der Waals surface area (Å²) < 4.78 is 0. The van der Waals surface area contributed by atoms with Crippen LogP contribution in [0.4, 0.5) is 0 Å². The second-order valence-corrected chi connectivity index (χ2v) is 5.56. The van der Waals surface area contributed by atoms with Gasteiger partial charge in [-0.05, 0) is 40.3 Å². The van der Waals surface area contributed by atoms with E-state index >= 15 is 0 Å². The van der Waals surface area contributed by atoms with Crippen molar-refractivity contribution in [2.75, 3.05) is 33.2 Å². The van der Waals surface area contributed by atoms with Crippen molar-refractivity contribution in [3.63, 3.8) is 0 Å². The zero-order valence-corrected chi connectivity index (χ0v) is 13.4. The number of carbonyl (C=O) groups is 1. The number of aldehydes is 1. The van der Waals surface area contributed by atoms with E-state index in [9.17, 15) is 4.79 Å². The molecule has 1 heterocycles. The van der Waals surface area contributed by atoms with Gasteiger partial charge in [0.15, 0.2) is 6.29 Å². The van der Waals surface area contributed by atoms with Gasteiger partial charge in [-0.1, -0.05) is 12.5 Å². The first-order valence-corrected chi connectivity index (χ1v) is 7.30. The van der Waals surface area contributed by atoms with Crippen LogP contribution in [0.1, 0.15) is 34.1 Å². The van der Waals surface area contributed by atoms with E-state index < -0.39 is 0 Å². The Bertz CT molecular complexity index is 423. The number of hydrogen-bond acceptors (Lipinski definition) is 4. The zero-order chi connectivity index (χ0) is 15.1. The summed E-state index contributed by atoms with van der Waals surface area (Å²) in [5, 5.41) is 0. The van der Waals surface area contributed by atoms with Gasteiger partial charge in [0.05, 0.1) is 0 Å². The van der Waals surface area contributed by atoms with Gasteiger partial charge in [-0.15, -0.1) is 0 Å². The number of rotatable bonds is 5. The minimum atomic E-state index is 0.506. The number of piperazine rings is 1. The van der Waals surface area contributed by atoms with Gasteiger partial charge < -0.3 is 9.80 Å². The molecule has 4 heteroatoms. The Morgan fingerprint density at radius 2 is 1.75 bits per heavy atom. The third kappa shape index (κ3) is 4.93. The van der Waals surface area contributed by atoms with E-state index in [4.69, 9.17) is 0 Å². The summed E-state index contributed by atoms with van der Waals surface area (Å²) >= 11 is 0. The molecule has 1 fully saturated rings. The van der Waals surface area contributed by atoms with Crippen LogP contribution >= 0.6 is 0 Å². The number of allylic oxidation sites excluding steroid dienone is 3. The van der Waals surface area contributed by atoms with Gasteiger partial charge in [-0.3, -0.25) is 9.79 Å². The Morgan fingerprint density at radius 3 is 2.20 bits per heavy atom. The second-order valence-electron chi connectivity index (χ2n) is 5.56. The van der Waals surface area contributed by atoms with Gasteiger partial charge in [-0.2, -0.15) is 0 Å². The van der Waals surface area contributed by atoms with Crippen LogP contribution in [-0.4, -0.2) is 55.0 Å². The average molecular weight is 277 g/mol. The maximum absolute atomic E-state index is 11.2. The van der Waals surface area contributed by atoms with E-state index in [0.29, 0.717) is 5.70 Å². The Labute approximate surface area is 122 Å². The third-order valence-corrected chi connectivity index (χ3v) is 3.57.